The van der Waals surface area contributed by atoms with Gasteiger partial charge in [0, 0.05) is 24.0 Å². The Labute approximate surface area is 137 Å². The van der Waals surface area contributed by atoms with Gasteiger partial charge in [-0.15, -0.1) is 16.4 Å². The van der Waals surface area contributed by atoms with E-state index >= 15 is 0 Å². The number of morpholine rings is 1. The molecule has 1 aliphatic rings. The predicted octanol–water partition coefficient (Wildman–Crippen LogP) is 2.24. The fourth-order valence-electron chi connectivity index (χ4n) is 2.84. The second kappa shape index (κ2) is 5.75. The molecule has 0 spiro atoms. The Bertz CT molecular complexity index is 843. The lowest BCUT2D eigenvalue weighted by Crippen LogP contribution is -2.42. The maximum atomic E-state index is 12.8. The third-order valence-corrected chi connectivity index (χ3v) is 5.04. The SMILES string of the molecule is Cn1nnc2cc(C(=O)N3CCO[C@H](c4cccs4)C3)ccc21. The molecule has 6 nitrogen and oxygen atoms in total. The molecule has 1 aliphatic heterocycles. The second-order valence-electron chi connectivity index (χ2n) is 5.54. The highest BCUT2D eigenvalue weighted by atomic mass is 32.1. The van der Waals surface area contributed by atoms with Crippen LogP contribution in [-0.2, 0) is 11.8 Å². The number of carbonyl (C=O) groups excluding carboxylic acids is 1. The smallest absolute Gasteiger partial charge is 0.254 e. The Kier molecular flexibility index (Phi) is 3.59. The summed E-state index contributed by atoms with van der Waals surface area (Å²) < 4.78 is 7.50. The largest absolute Gasteiger partial charge is 0.369 e. The molecule has 0 radical (unpaired) electrons. The van der Waals surface area contributed by atoms with E-state index in [4.69, 9.17) is 4.74 Å². The van der Waals surface area contributed by atoms with E-state index in [1.54, 1.807) is 22.1 Å². The van der Waals surface area contributed by atoms with Crippen LogP contribution in [0, 0.1) is 0 Å². The molecule has 0 saturated carbocycles. The third-order valence-electron chi connectivity index (χ3n) is 4.07. The molecule has 3 aromatic rings. The number of nitrogens with zero attached hydrogens (tertiary/aromatic N) is 4. The average Bonchev–Trinajstić information content (AvgIpc) is 3.24. The van der Waals surface area contributed by atoms with Crippen LogP contribution >= 0.6 is 11.3 Å². The minimum Gasteiger partial charge on any atom is -0.369 e. The normalized spacial score (nSPS) is 18.5. The van der Waals surface area contributed by atoms with Crippen LogP contribution in [0.25, 0.3) is 11.0 Å². The first kappa shape index (κ1) is 14.3. The standard InChI is InChI=1S/C16H16N4O2S/c1-19-13-5-4-11(9-12(13)17-18-19)16(21)20-6-7-22-14(10-20)15-3-2-8-23-15/h2-5,8-9,14H,6-7,10H2,1H3/t14-/m0/s1. The van der Waals surface area contributed by atoms with Crippen LogP contribution in [0.15, 0.2) is 35.7 Å². The van der Waals surface area contributed by atoms with Crippen LogP contribution in [0.2, 0.25) is 0 Å². The molecule has 4 rings (SSSR count). The number of hydrogen-bond donors (Lipinski definition) is 0. The highest BCUT2D eigenvalue weighted by Gasteiger charge is 2.27. The van der Waals surface area contributed by atoms with Gasteiger partial charge in [-0.05, 0) is 29.6 Å². The van der Waals surface area contributed by atoms with Gasteiger partial charge >= 0.3 is 0 Å². The van der Waals surface area contributed by atoms with E-state index in [9.17, 15) is 4.79 Å². The first-order valence-electron chi connectivity index (χ1n) is 7.46. The first-order chi connectivity index (χ1) is 11.2. The molecule has 1 amide bonds. The number of carbonyl (C=O) groups is 1. The number of amides is 1. The molecule has 2 aromatic heterocycles. The van der Waals surface area contributed by atoms with Crippen molar-refractivity contribution in [3.05, 3.63) is 46.2 Å². The molecule has 0 aliphatic carbocycles. The summed E-state index contributed by atoms with van der Waals surface area (Å²) in [5.74, 6) is 0.0161. The summed E-state index contributed by atoms with van der Waals surface area (Å²) in [7, 11) is 1.84. The Morgan fingerprint density at radius 2 is 2.30 bits per heavy atom. The monoisotopic (exact) mass is 328 g/mol. The van der Waals surface area contributed by atoms with Crippen LogP contribution < -0.4 is 0 Å². The summed E-state index contributed by atoms with van der Waals surface area (Å²) in [6, 6.07) is 9.59. The molecule has 23 heavy (non-hydrogen) atoms. The van der Waals surface area contributed by atoms with Crippen LogP contribution in [0.3, 0.4) is 0 Å². The van der Waals surface area contributed by atoms with Crippen molar-refractivity contribution in [1.29, 1.82) is 0 Å². The average molecular weight is 328 g/mol. The van der Waals surface area contributed by atoms with Gasteiger partial charge in [0.2, 0.25) is 0 Å². The van der Waals surface area contributed by atoms with E-state index in [-0.39, 0.29) is 12.0 Å². The van der Waals surface area contributed by atoms with Crippen LogP contribution in [-0.4, -0.2) is 45.5 Å². The Hall–Kier alpha value is -2.25. The van der Waals surface area contributed by atoms with Crippen molar-refractivity contribution < 1.29 is 9.53 Å². The van der Waals surface area contributed by atoms with Crippen molar-refractivity contribution in [3.8, 4) is 0 Å². The van der Waals surface area contributed by atoms with Crippen molar-refractivity contribution >= 4 is 28.3 Å². The molecule has 7 heteroatoms. The van der Waals surface area contributed by atoms with Crippen LogP contribution in [0.5, 0.6) is 0 Å². The molecule has 1 aromatic carbocycles. The molecule has 3 heterocycles. The quantitative estimate of drug-likeness (QED) is 0.724. The number of hydrogen-bond acceptors (Lipinski definition) is 5. The zero-order valence-electron chi connectivity index (χ0n) is 12.7. The molecule has 0 N–H and O–H groups in total. The van der Waals surface area contributed by atoms with Gasteiger partial charge in [0.05, 0.1) is 18.7 Å². The minimum absolute atomic E-state index is 0.0161. The van der Waals surface area contributed by atoms with Gasteiger partial charge in [-0.3, -0.25) is 4.79 Å². The van der Waals surface area contributed by atoms with Gasteiger partial charge in [-0.25, -0.2) is 4.68 Å². The number of benzene rings is 1. The van der Waals surface area contributed by atoms with Crippen LogP contribution in [0.1, 0.15) is 21.3 Å². The van der Waals surface area contributed by atoms with Gasteiger partial charge in [0.1, 0.15) is 11.6 Å². The maximum absolute atomic E-state index is 12.8. The van der Waals surface area contributed by atoms with E-state index in [0.29, 0.717) is 25.3 Å². The number of rotatable bonds is 2. The summed E-state index contributed by atoms with van der Waals surface area (Å²) >= 11 is 1.66. The van der Waals surface area contributed by atoms with Gasteiger partial charge in [-0.2, -0.15) is 0 Å². The molecule has 1 fully saturated rings. The lowest BCUT2D eigenvalue weighted by molar-refractivity contribution is -0.0211. The van der Waals surface area contributed by atoms with Crippen molar-refractivity contribution in [2.75, 3.05) is 19.7 Å². The third kappa shape index (κ3) is 2.62. The summed E-state index contributed by atoms with van der Waals surface area (Å²) in [6.07, 6.45) is -0.0343. The van der Waals surface area contributed by atoms with Crippen molar-refractivity contribution in [2.24, 2.45) is 7.05 Å². The second-order valence-corrected chi connectivity index (χ2v) is 6.52. The van der Waals surface area contributed by atoms with E-state index in [2.05, 4.69) is 16.4 Å². The Morgan fingerprint density at radius 3 is 3.13 bits per heavy atom. The Balaban J connectivity index is 1.57. The number of fused-ring (bicyclic) bond motifs is 1. The van der Waals surface area contributed by atoms with Gasteiger partial charge in [0.25, 0.3) is 5.91 Å². The van der Waals surface area contributed by atoms with Crippen molar-refractivity contribution in [3.63, 3.8) is 0 Å². The highest BCUT2D eigenvalue weighted by molar-refractivity contribution is 7.10. The highest BCUT2D eigenvalue weighted by Crippen LogP contribution is 2.27. The lowest BCUT2D eigenvalue weighted by Gasteiger charge is -2.32. The predicted molar refractivity (Wildman–Crippen MR) is 87.4 cm³/mol. The number of thiophene rings is 1. The Morgan fingerprint density at radius 1 is 1.39 bits per heavy atom. The zero-order chi connectivity index (χ0) is 15.8. The fourth-order valence-corrected chi connectivity index (χ4v) is 3.60. The molecule has 118 valence electrons. The minimum atomic E-state index is -0.0343. The summed E-state index contributed by atoms with van der Waals surface area (Å²) in [5, 5.41) is 10.1. The molecule has 0 unspecified atom stereocenters. The van der Waals surface area contributed by atoms with Gasteiger partial charge in [0.15, 0.2) is 0 Å². The van der Waals surface area contributed by atoms with E-state index in [1.165, 1.54) is 0 Å². The van der Waals surface area contributed by atoms with Gasteiger partial charge < -0.3 is 9.64 Å². The van der Waals surface area contributed by atoms with E-state index < -0.39 is 0 Å². The molecule has 0 bridgehead atoms. The lowest BCUT2D eigenvalue weighted by atomic mass is 10.1. The zero-order valence-corrected chi connectivity index (χ0v) is 13.5. The molecular formula is C16H16N4O2S. The molecular weight excluding hydrogens is 312 g/mol. The van der Waals surface area contributed by atoms with Crippen LogP contribution in [0.4, 0.5) is 0 Å². The van der Waals surface area contributed by atoms with E-state index in [0.717, 1.165) is 15.9 Å². The van der Waals surface area contributed by atoms with Gasteiger partial charge in [-0.1, -0.05) is 11.3 Å². The molecule has 1 atom stereocenters. The fraction of sp³-hybridized carbons (Fsp3) is 0.312. The summed E-state index contributed by atoms with van der Waals surface area (Å²) in [6.45, 7) is 1.75. The number of aryl methyl sites for hydroxylation is 1. The first-order valence-corrected chi connectivity index (χ1v) is 8.34. The number of ether oxygens (including phenoxy) is 1. The van der Waals surface area contributed by atoms with E-state index in [1.807, 2.05) is 35.5 Å². The number of aromatic nitrogens is 3. The molecule has 1 saturated heterocycles. The van der Waals surface area contributed by atoms with Crippen molar-refractivity contribution in [1.82, 2.24) is 19.9 Å². The maximum Gasteiger partial charge on any atom is 0.254 e. The van der Waals surface area contributed by atoms with Crippen molar-refractivity contribution in [2.45, 2.75) is 6.10 Å². The topological polar surface area (TPSA) is 60.2 Å². The summed E-state index contributed by atoms with van der Waals surface area (Å²) in [4.78, 5) is 15.8. The summed E-state index contributed by atoms with van der Waals surface area (Å²) in [5.41, 5.74) is 2.30.